The monoisotopic (exact) mass is 846 g/mol. The second-order valence-electron chi connectivity index (χ2n) is 16.3. The van der Waals surface area contributed by atoms with E-state index in [4.69, 9.17) is 19.9 Å². The predicted molar refractivity (Wildman–Crippen MR) is 259 cm³/mol. The fraction of sp³-hybridized carbons (Fsp3) is 0.123. The van der Waals surface area contributed by atoms with Gasteiger partial charge in [0.2, 0.25) is 0 Å². The van der Waals surface area contributed by atoms with Gasteiger partial charge in [0.1, 0.15) is 0 Å². The minimum absolute atomic E-state index is 0. The van der Waals surface area contributed by atoms with Gasteiger partial charge in [0, 0.05) is 5.41 Å². The summed E-state index contributed by atoms with van der Waals surface area (Å²) in [4.78, 5) is 21.8. The number of hydrogen-bond donors (Lipinski definition) is 0. The molecule has 0 aliphatic carbocycles. The predicted octanol–water partition coefficient (Wildman–Crippen LogP) is 14.5. The average Bonchev–Trinajstić information content (AvgIpc) is 4.12. The van der Waals surface area contributed by atoms with Crippen molar-refractivity contribution in [2.45, 2.75) is 45.4 Å². The molecule has 4 nitrogen and oxygen atoms in total. The van der Waals surface area contributed by atoms with Crippen LogP contribution in [0.25, 0.3) is 90.9 Å². The molecule has 8 bridgehead atoms. The fourth-order valence-corrected chi connectivity index (χ4v) is 8.85. The van der Waals surface area contributed by atoms with E-state index in [2.05, 4.69) is 186 Å². The van der Waals surface area contributed by atoms with Gasteiger partial charge in [0.05, 0.1) is 22.8 Å². The zero-order valence-corrected chi connectivity index (χ0v) is 36.4. The van der Waals surface area contributed by atoms with Gasteiger partial charge in [0.15, 0.2) is 0 Å². The summed E-state index contributed by atoms with van der Waals surface area (Å²) >= 11 is 0. The second kappa shape index (κ2) is 17.7. The molecule has 0 fully saturated rings. The Kier molecular flexibility index (Phi) is 11.9. The molecule has 0 amide bonds. The molecule has 0 N–H and O–H groups in total. The van der Waals surface area contributed by atoms with Crippen molar-refractivity contribution in [3.63, 3.8) is 0 Å². The summed E-state index contributed by atoms with van der Waals surface area (Å²) in [5.74, 6) is 0. The molecule has 2 aliphatic rings. The Balaban J connectivity index is 0.00000529. The third kappa shape index (κ3) is 7.93. The van der Waals surface area contributed by atoms with Crippen LogP contribution in [0, 0.1) is 20.8 Å². The molecule has 0 atom stereocenters. The SMILES string of the molecule is C=CCC(CC=C)(CC=C)c1ccc(-c2c3nc(c(-c4ccc(C)cc4)c4ccc([n-]4)c(-c4ccc(C)cc4)c4nc(c(-c5ccc(C)cc5)c5ccc2[n-]5)C=C4)C=C3)cc1.[Ni+2]. The van der Waals surface area contributed by atoms with Crippen LogP contribution in [0.15, 0.2) is 159 Å². The summed E-state index contributed by atoms with van der Waals surface area (Å²) in [6.45, 7) is 18.7. The normalized spacial score (nSPS) is 11.9. The fourth-order valence-electron chi connectivity index (χ4n) is 8.85. The molecule has 0 unspecified atom stereocenters. The minimum atomic E-state index is -0.171. The molecule has 7 aromatic rings. The Morgan fingerprint density at radius 1 is 0.403 bits per heavy atom. The Hall–Kier alpha value is -6.81. The van der Waals surface area contributed by atoms with E-state index >= 15 is 0 Å². The van der Waals surface area contributed by atoms with E-state index in [1.54, 1.807) is 0 Å². The van der Waals surface area contributed by atoms with Crippen LogP contribution in [0.3, 0.4) is 0 Å². The third-order valence-corrected chi connectivity index (χ3v) is 12.0. The first-order chi connectivity index (χ1) is 29.8. The standard InChI is InChI=1S/C57H48N4.Ni/c1-7-34-57(35-8-2,36-9-3)44-24-22-43(23-25-44)56-51-32-30-49(60-51)54(41-18-12-38(5)13-19-41)47-28-26-45(58-47)53(40-16-10-37(4)11-17-40)46-27-29-48(59-46)55(50-31-33-52(56)61-50)42-20-14-39(6)15-21-42;/h7-33H,1-3,34-36H2,4-6H3;/q-2;+2. The van der Waals surface area contributed by atoms with E-state index in [0.717, 1.165) is 109 Å². The smallest absolute Gasteiger partial charge is 0.657 e. The molecular weight excluding hydrogens is 799 g/mol. The summed E-state index contributed by atoms with van der Waals surface area (Å²) in [6, 6.07) is 43.3. The van der Waals surface area contributed by atoms with Crippen LogP contribution < -0.4 is 9.97 Å². The average molecular weight is 848 g/mol. The zero-order chi connectivity index (χ0) is 42.1. The van der Waals surface area contributed by atoms with E-state index in [0.29, 0.717) is 0 Å². The van der Waals surface area contributed by atoms with Gasteiger partial charge in [-0.1, -0.05) is 156 Å². The molecule has 5 heteroatoms. The maximum absolute atomic E-state index is 5.47. The number of fused-ring (bicyclic) bond motifs is 8. The molecular formula is C57H48N4Ni. The van der Waals surface area contributed by atoms with Crippen molar-refractivity contribution in [2.75, 3.05) is 0 Å². The van der Waals surface area contributed by atoms with Crippen molar-refractivity contribution in [3.8, 4) is 44.5 Å². The Bertz CT molecular complexity index is 2980. The van der Waals surface area contributed by atoms with Gasteiger partial charge in [0.25, 0.3) is 0 Å². The number of rotatable bonds is 11. The topological polar surface area (TPSA) is 54.0 Å². The van der Waals surface area contributed by atoms with Crippen LogP contribution in [0.1, 0.15) is 64.3 Å². The van der Waals surface area contributed by atoms with Crippen LogP contribution in [0.2, 0.25) is 0 Å². The van der Waals surface area contributed by atoms with Crippen LogP contribution in [0.4, 0.5) is 0 Å². The maximum Gasteiger partial charge on any atom is 2.00 e. The Labute approximate surface area is 375 Å². The van der Waals surface area contributed by atoms with Crippen LogP contribution in [-0.2, 0) is 21.9 Å². The van der Waals surface area contributed by atoms with E-state index in [1.165, 1.54) is 22.3 Å². The largest absolute Gasteiger partial charge is 2.00 e. The number of aromatic nitrogens is 4. The Morgan fingerprint density at radius 3 is 0.919 bits per heavy atom. The van der Waals surface area contributed by atoms with Gasteiger partial charge in [-0.2, -0.15) is 0 Å². The van der Waals surface area contributed by atoms with Crippen molar-refractivity contribution in [3.05, 3.63) is 204 Å². The summed E-state index contributed by atoms with van der Waals surface area (Å²) in [5.41, 5.74) is 19.4. The van der Waals surface area contributed by atoms with E-state index in [9.17, 15) is 0 Å². The van der Waals surface area contributed by atoms with E-state index in [1.807, 2.05) is 18.2 Å². The number of nitrogens with zero attached hydrogens (tertiary/aromatic N) is 4. The first-order valence-corrected chi connectivity index (χ1v) is 21.0. The van der Waals surface area contributed by atoms with Gasteiger partial charge < -0.3 is 9.97 Å². The maximum atomic E-state index is 5.47. The molecule has 0 saturated heterocycles. The molecule has 3 aromatic heterocycles. The van der Waals surface area contributed by atoms with Gasteiger partial charge in [-0.3, -0.25) is 0 Å². The van der Waals surface area contributed by atoms with Crippen molar-refractivity contribution in [2.24, 2.45) is 0 Å². The summed E-state index contributed by atoms with van der Waals surface area (Å²) < 4.78 is 0. The van der Waals surface area contributed by atoms with Gasteiger partial charge in [-0.05, 0) is 114 Å². The van der Waals surface area contributed by atoms with E-state index in [-0.39, 0.29) is 21.9 Å². The summed E-state index contributed by atoms with van der Waals surface area (Å²) in [5, 5.41) is 0. The van der Waals surface area contributed by atoms with Crippen LogP contribution in [-0.4, -0.2) is 9.97 Å². The van der Waals surface area contributed by atoms with Crippen molar-refractivity contribution in [1.82, 2.24) is 19.9 Å². The number of allylic oxidation sites excluding steroid dienone is 3. The molecule has 9 rings (SSSR count). The van der Waals surface area contributed by atoms with Gasteiger partial charge >= 0.3 is 16.5 Å². The van der Waals surface area contributed by atoms with E-state index < -0.39 is 0 Å². The molecule has 2 aliphatic heterocycles. The molecule has 5 heterocycles. The molecule has 0 saturated carbocycles. The summed E-state index contributed by atoms with van der Waals surface area (Å²) in [6.07, 6.45) is 16.9. The number of hydrogen-bond acceptors (Lipinski definition) is 2. The molecule has 62 heavy (non-hydrogen) atoms. The molecule has 4 aromatic carbocycles. The van der Waals surface area contributed by atoms with Crippen LogP contribution in [0.5, 0.6) is 0 Å². The minimum Gasteiger partial charge on any atom is -0.657 e. The first-order valence-electron chi connectivity index (χ1n) is 21.0. The quantitative estimate of drug-likeness (QED) is 0.0961. The van der Waals surface area contributed by atoms with Gasteiger partial charge in [-0.15, -0.1) is 41.8 Å². The summed E-state index contributed by atoms with van der Waals surface area (Å²) in [7, 11) is 0. The van der Waals surface area contributed by atoms with Crippen molar-refractivity contribution in [1.29, 1.82) is 0 Å². The van der Waals surface area contributed by atoms with Crippen molar-refractivity contribution >= 4 is 46.4 Å². The molecule has 0 spiro atoms. The second-order valence-corrected chi connectivity index (χ2v) is 16.3. The number of aryl methyl sites for hydroxylation is 3. The number of benzene rings is 4. The third-order valence-electron chi connectivity index (χ3n) is 12.0. The first kappa shape index (κ1) is 41.9. The van der Waals surface area contributed by atoms with Crippen molar-refractivity contribution < 1.29 is 16.5 Å². The Morgan fingerprint density at radius 2 is 0.661 bits per heavy atom. The molecule has 306 valence electrons. The van der Waals surface area contributed by atoms with Crippen LogP contribution >= 0.6 is 0 Å². The van der Waals surface area contributed by atoms with Gasteiger partial charge in [-0.25, -0.2) is 9.97 Å². The zero-order valence-electron chi connectivity index (χ0n) is 35.4. The molecule has 0 radical (unpaired) electrons.